The number of aliphatic hydroxyl groups excluding tert-OH is 1. The largest absolute Gasteiger partial charge is 0.506 e. The van der Waals surface area contributed by atoms with Crippen molar-refractivity contribution in [1.82, 2.24) is 9.88 Å². The molecule has 0 amide bonds. The van der Waals surface area contributed by atoms with Gasteiger partial charge in [-0.15, -0.1) is 0 Å². The van der Waals surface area contributed by atoms with Crippen molar-refractivity contribution >= 4 is 0 Å². The number of aliphatic hydroxyl groups is 1. The normalized spacial score (nSPS) is 26.1. The van der Waals surface area contributed by atoms with Gasteiger partial charge in [-0.25, -0.2) is 4.39 Å². The van der Waals surface area contributed by atoms with E-state index in [1.165, 1.54) is 24.4 Å². The van der Waals surface area contributed by atoms with Crippen LogP contribution in [0.2, 0.25) is 0 Å². The van der Waals surface area contributed by atoms with Crippen LogP contribution in [0.15, 0.2) is 36.5 Å². The zero-order valence-corrected chi connectivity index (χ0v) is 14.8. The number of hydrogen-bond donors (Lipinski definition) is 2. The maximum atomic E-state index is 13.8. The van der Waals surface area contributed by atoms with Crippen molar-refractivity contribution in [1.29, 1.82) is 0 Å². The molecular formula is C20H22F2N2O3. The van der Waals surface area contributed by atoms with Gasteiger partial charge in [0.2, 0.25) is 5.82 Å². The monoisotopic (exact) mass is 376 g/mol. The second-order valence-corrected chi connectivity index (χ2v) is 7.46. The fourth-order valence-electron chi connectivity index (χ4n) is 4.27. The maximum absolute atomic E-state index is 13.8. The lowest BCUT2D eigenvalue weighted by atomic mass is 10.0. The maximum Gasteiger partial charge on any atom is 0.200 e. The van der Waals surface area contributed by atoms with Crippen LogP contribution in [0.1, 0.15) is 24.6 Å². The lowest BCUT2D eigenvalue weighted by molar-refractivity contribution is 0.112. The van der Waals surface area contributed by atoms with Crippen molar-refractivity contribution in [3.63, 3.8) is 0 Å². The summed E-state index contributed by atoms with van der Waals surface area (Å²) in [5, 5.41) is 19.6. The predicted octanol–water partition coefficient (Wildman–Crippen LogP) is 2.89. The third kappa shape index (κ3) is 3.89. The van der Waals surface area contributed by atoms with Crippen molar-refractivity contribution < 1.29 is 23.7 Å². The zero-order chi connectivity index (χ0) is 19.0. The van der Waals surface area contributed by atoms with Gasteiger partial charge >= 0.3 is 0 Å². The first kappa shape index (κ1) is 18.1. The van der Waals surface area contributed by atoms with E-state index in [2.05, 4.69) is 9.88 Å². The number of halogens is 2. The summed E-state index contributed by atoms with van der Waals surface area (Å²) in [6.45, 7) is 2.16. The molecule has 144 valence electrons. The highest BCUT2D eigenvalue weighted by atomic mass is 19.2. The third-order valence-electron chi connectivity index (χ3n) is 5.54. The van der Waals surface area contributed by atoms with E-state index in [0.717, 1.165) is 32.0 Å². The molecule has 27 heavy (non-hydrogen) atoms. The lowest BCUT2D eigenvalue weighted by Gasteiger charge is -2.22. The molecular weight excluding hydrogens is 354 g/mol. The Bertz CT molecular complexity index is 788. The Morgan fingerprint density at radius 3 is 2.56 bits per heavy atom. The number of likely N-dealkylation sites (tertiary alicyclic amines) is 1. The number of aromatic hydroxyl groups is 1. The number of ether oxygens (including phenoxy) is 1. The van der Waals surface area contributed by atoms with Gasteiger partial charge in [0.1, 0.15) is 11.9 Å². The van der Waals surface area contributed by atoms with Crippen LogP contribution in [0.3, 0.4) is 0 Å². The van der Waals surface area contributed by atoms with Gasteiger partial charge in [0.25, 0.3) is 0 Å². The number of fused-ring (bicyclic) bond motifs is 1. The first-order valence-electron chi connectivity index (χ1n) is 9.15. The third-order valence-corrected chi connectivity index (χ3v) is 5.54. The Morgan fingerprint density at radius 1 is 1.15 bits per heavy atom. The Kier molecular flexibility index (Phi) is 4.97. The van der Waals surface area contributed by atoms with Crippen LogP contribution in [0.25, 0.3) is 0 Å². The molecule has 5 nitrogen and oxygen atoms in total. The van der Waals surface area contributed by atoms with Gasteiger partial charge in [-0.1, -0.05) is 6.07 Å². The van der Waals surface area contributed by atoms with Gasteiger partial charge in [0.05, 0.1) is 18.0 Å². The Morgan fingerprint density at radius 2 is 1.89 bits per heavy atom. The average molecular weight is 376 g/mol. The summed E-state index contributed by atoms with van der Waals surface area (Å²) >= 11 is 0. The summed E-state index contributed by atoms with van der Waals surface area (Å²) in [5.41, 5.74) is 0.535. The molecule has 2 heterocycles. The Labute approximate surface area is 156 Å². The predicted molar refractivity (Wildman–Crippen MR) is 94.3 cm³/mol. The zero-order valence-electron chi connectivity index (χ0n) is 14.8. The molecule has 1 aromatic carbocycles. The summed E-state index contributed by atoms with van der Waals surface area (Å²) in [6.07, 6.45) is 2.10. The van der Waals surface area contributed by atoms with Crippen molar-refractivity contribution in [3.05, 3.63) is 53.9 Å². The molecule has 4 atom stereocenters. The summed E-state index contributed by atoms with van der Waals surface area (Å²) in [7, 11) is 0. The second kappa shape index (κ2) is 7.40. The minimum absolute atomic E-state index is 0.0225. The molecule has 4 rings (SSSR count). The molecule has 2 aromatic rings. The average Bonchev–Trinajstić information content (AvgIpc) is 3.17. The van der Waals surface area contributed by atoms with Crippen LogP contribution in [0.4, 0.5) is 8.78 Å². The van der Waals surface area contributed by atoms with Gasteiger partial charge in [-0.2, -0.15) is 4.39 Å². The summed E-state index contributed by atoms with van der Waals surface area (Å²) in [5.74, 6) is -0.930. The highest BCUT2D eigenvalue weighted by Gasteiger charge is 2.42. The molecule has 0 radical (unpaired) electrons. The number of rotatable bonds is 5. The summed E-state index contributed by atoms with van der Waals surface area (Å²) in [6, 6.07) is 7.12. The van der Waals surface area contributed by atoms with Gasteiger partial charge < -0.3 is 14.9 Å². The minimum atomic E-state index is -0.930. The van der Waals surface area contributed by atoms with E-state index in [1.54, 1.807) is 6.07 Å². The lowest BCUT2D eigenvalue weighted by Crippen LogP contribution is -2.29. The standard InChI is InChI=1S/C20H22F2N2O3/c21-16-2-1-3-19(20(16)22)27-15-6-12-9-24(10-13(12)7-15)11-18(26)17-5-4-14(25)8-23-17/h1-5,8,12-13,15,18,25-26H,6-7,9-11H2/t12-,13+,15?,18?. The van der Waals surface area contributed by atoms with E-state index < -0.39 is 17.7 Å². The molecule has 1 saturated carbocycles. The molecule has 1 aliphatic heterocycles. The smallest absolute Gasteiger partial charge is 0.200 e. The number of hydrogen-bond acceptors (Lipinski definition) is 5. The van der Waals surface area contributed by atoms with E-state index in [9.17, 15) is 19.0 Å². The van der Waals surface area contributed by atoms with Gasteiger partial charge in [-0.3, -0.25) is 9.88 Å². The molecule has 2 unspecified atom stereocenters. The molecule has 2 fully saturated rings. The van der Waals surface area contributed by atoms with E-state index in [-0.39, 0.29) is 17.6 Å². The first-order valence-corrected chi connectivity index (χ1v) is 9.15. The topological polar surface area (TPSA) is 65.8 Å². The van der Waals surface area contributed by atoms with Crippen molar-refractivity contribution in [3.8, 4) is 11.5 Å². The molecule has 1 aromatic heterocycles. The second-order valence-electron chi connectivity index (χ2n) is 7.46. The van der Waals surface area contributed by atoms with E-state index in [0.29, 0.717) is 24.1 Å². The number of pyridine rings is 1. The fourth-order valence-corrected chi connectivity index (χ4v) is 4.27. The minimum Gasteiger partial charge on any atom is -0.506 e. The van der Waals surface area contributed by atoms with Crippen molar-refractivity contribution in [2.75, 3.05) is 19.6 Å². The Hall–Kier alpha value is -2.25. The molecule has 1 saturated heterocycles. The quantitative estimate of drug-likeness (QED) is 0.840. The number of aromatic nitrogens is 1. The molecule has 2 N–H and O–H groups in total. The van der Waals surface area contributed by atoms with Gasteiger partial charge in [-0.05, 0) is 48.9 Å². The SMILES string of the molecule is Oc1ccc(C(O)CN2C[C@H]3CC(Oc4cccc(F)c4F)C[C@H]3C2)nc1. The highest BCUT2D eigenvalue weighted by molar-refractivity contribution is 5.25. The van der Waals surface area contributed by atoms with Crippen LogP contribution in [0, 0.1) is 23.5 Å². The fraction of sp³-hybridized carbons (Fsp3) is 0.450. The highest BCUT2D eigenvalue weighted by Crippen LogP contribution is 2.40. The molecule has 2 aliphatic rings. The summed E-state index contributed by atoms with van der Waals surface area (Å²) in [4.78, 5) is 6.26. The van der Waals surface area contributed by atoms with Crippen LogP contribution >= 0.6 is 0 Å². The van der Waals surface area contributed by atoms with Gasteiger partial charge in [0.15, 0.2) is 11.6 Å². The molecule has 1 aliphatic carbocycles. The van der Waals surface area contributed by atoms with Crippen LogP contribution in [-0.4, -0.2) is 45.8 Å². The van der Waals surface area contributed by atoms with E-state index in [4.69, 9.17) is 4.74 Å². The van der Waals surface area contributed by atoms with Crippen molar-refractivity contribution in [2.24, 2.45) is 11.8 Å². The molecule has 0 bridgehead atoms. The summed E-state index contributed by atoms with van der Waals surface area (Å²) < 4.78 is 32.8. The number of benzene rings is 1. The molecule has 0 spiro atoms. The van der Waals surface area contributed by atoms with Crippen LogP contribution < -0.4 is 4.74 Å². The van der Waals surface area contributed by atoms with Gasteiger partial charge in [0, 0.05) is 19.6 Å². The van der Waals surface area contributed by atoms with Crippen molar-refractivity contribution in [2.45, 2.75) is 25.0 Å². The van der Waals surface area contributed by atoms with E-state index in [1.807, 2.05) is 0 Å². The molecule has 7 heteroatoms. The first-order chi connectivity index (χ1) is 13.0. The van der Waals surface area contributed by atoms with Crippen LogP contribution in [-0.2, 0) is 0 Å². The number of β-amino-alcohol motifs (C(OH)–C–C–N with tert-alkyl or cyclic N) is 1. The Balaban J connectivity index is 1.30. The van der Waals surface area contributed by atoms with Crippen LogP contribution in [0.5, 0.6) is 11.5 Å². The number of nitrogens with zero attached hydrogens (tertiary/aromatic N) is 2. The van der Waals surface area contributed by atoms with E-state index >= 15 is 0 Å².